The van der Waals surface area contributed by atoms with Gasteiger partial charge in [-0.1, -0.05) is 0 Å². The van der Waals surface area contributed by atoms with Crippen LogP contribution in [0, 0.1) is 5.92 Å². The number of carbonyl (C=O) groups is 1. The zero-order valence-electron chi connectivity index (χ0n) is 7.08. The summed E-state index contributed by atoms with van der Waals surface area (Å²) in [6, 6.07) is 0. The molecule has 0 amide bonds. The second-order valence-electron chi connectivity index (χ2n) is 3.10. The molecule has 0 aromatic heterocycles. The Morgan fingerprint density at radius 1 is 1.43 bits per heavy atom. The molecule has 0 spiro atoms. The van der Waals surface area contributed by atoms with Crippen molar-refractivity contribution in [2.75, 3.05) is 6.61 Å². The van der Waals surface area contributed by atoms with E-state index in [1.165, 1.54) is 0 Å². The molecule has 82 valence electrons. The lowest BCUT2D eigenvalue weighted by Crippen LogP contribution is -2.38. The maximum Gasteiger partial charge on any atom is 0.522 e. The molecule has 0 aliphatic heterocycles. The fourth-order valence-corrected chi connectivity index (χ4v) is 1.28. The van der Waals surface area contributed by atoms with Crippen LogP contribution in [-0.2, 0) is 9.47 Å². The Morgan fingerprint density at radius 3 is 2.43 bits per heavy atom. The van der Waals surface area contributed by atoms with E-state index in [9.17, 15) is 18.0 Å². The third-order valence-corrected chi connectivity index (χ3v) is 1.94. The van der Waals surface area contributed by atoms with Crippen molar-refractivity contribution in [3.8, 4) is 0 Å². The Morgan fingerprint density at radius 2 is 2.00 bits per heavy atom. The van der Waals surface area contributed by atoms with Crippen LogP contribution in [0.1, 0.15) is 12.8 Å². The molecule has 1 rings (SSSR count). The standard InChI is InChI=1S/C7H9F3O4/c8-7(9,10)14-5-1-4(2-5)3-13-6(11)12/h4-5H,1-3H2,(H,11,12)/t4-,5+. The van der Waals surface area contributed by atoms with E-state index in [-0.39, 0.29) is 25.4 Å². The number of carboxylic acid groups (broad SMARTS) is 1. The molecule has 0 radical (unpaired) electrons. The number of alkyl halides is 3. The third kappa shape index (κ3) is 3.82. The van der Waals surface area contributed by atoms with Crippen molar-refractivity contribution in [2.45, 2.75) is 25.3 Å². The summed E-state index contributed by atoms with van der Waals surface area (Å²) in [4.78, 5) is 9.92. The van der Waals surface area contributed by atoms with Gasteiger partial charge in [0.2, 0.25) is 0 Å². The monoisotopic (exact) mass is 214 g/mol. The Labute approximate surface area is 77.6 Å². The van der Waals surface area contributed by atoms with Crippen molar-refractivity contribution in [3.05, 3.63) is 0 Å². The molecule has 14 heavy (non-hydrogen) atoms. The van der Waals surface area contributed by atoms with Gasteiger partial charge in [-0.2, -0.15) is 0 Å². The predicted octanol–water partition coefficient (Wildman–Crippen LogP) is 2.00. The first-order chi connectivity index (χ1) is 6.37. The van der Waals surface area contributed by atoms with Crippen LogP contribution in [-0.4, -0.2) is 30.3 Å². The second-order valence-corrected chi connectivity index (χ2v) is 3.10. The van der Waals surface area contributed by atoms with Crippen molar-refractivity contribution in [2.24, 2.45) is 5.92 Å². The molecule has 0 heterocycles. The highest BCUT2D eigenvalue weighted by Crippen LogP contribution is 2.34. The van der Waals surface area contributed by atoms with Gasteiger partial charge in [-0.05, 0) is 18.8 Å². The number of hydrogen-bond donors (Lipinski definition) is 1. The van der Waals surface area contributed by atoms with Crippen molar-refractivity contribution in [1.82, 2.24) is 0 Å². The first-order valence-electron chi connectivity index (χ1n) is 3.97. The summed E-state index contributed by atoms with van der Waals surface area (Å²) in [5.74, 6) is -0.154. The van der Waals surface area contributed by atoms with E-state index in [0.29, 0.717) is 0 Å². The van der Waals surface area contributed by atoms with Crippen molar-refractivity contribution in [3.63, 3.8) is 0 Å². The van der Waals surface area contributed by atoms with Crippen LogP contribution in [0.2, 0.25) is 0 Å². The quantitative estimate of drug-likeness (QED) is 0.730. The summed E-state index contributed by atoms with van der Waals surface area (Å²) in [7, 11) is 0. The highest BCUT2D eigenvalue weighted by molar-refractivity contribution is 5.56. The number of rotatable bonds is 3. The summed E-state index contributed by atoms with van der Waals surface area (Å²) >= 11 is 0. The predicted molar refractivity (Wildman–Crippen MR) is 37.6 cm³/mol. The van der Waals surface area contributed by atoms with E-state index in [1.807, 2.05) is 0 Å². The normalized spacial score (nSPS) is 26.8. The molecule has 0 saturated heterocycles. The third-order valence-electron chi connectivity index (χ3n) is 1.94. The van der Waals surface area contributed by atoms with E-state index < -0.39 is 18.6 Å². The smallest absolute Gasteiger partial charge is 0.450 e. The van der Waals surface area contributed by atoms with Gasteiger partial charge < -0.3 is 9.84 Å². The van der Waals surface area contributed by atoms with Gasteiger partial charge >= 0.3 is 12.5 Å². The van der Waals surface area contributed by atoms with E-state index in [2.05, 4.69) is 9.47 Å². The highest BCUT2D eigenvalue weighted by Gasteiger charge is 2.40. The largest absolute Gasteiger partial charge is 0.522 e. The minimum absolute atomic E-state index is 0.0624. The van der Waals surface area contributed by atoms with E-state index in [1.54, 1.807) is 0 Å². The van der Waals surface area contributed by atoms with Crippen molar-refractivity contribution >= 4 is 6.16 Å². The van der Waals surface area contributed by atoms with E-state index in [4.69, 9.17) is 5.11 Å². The van der Waals surface area contributed by atoms with Gasteiger partial charge in [0.05, 0.1) is 12.7 Å². The number of ether oxygens (including phenoxy) is 2. The van der Waals surface area contributed by atoms with Gasteiger partial charge in [-0.15, -0.1) is 13.2 Å². The average molecular weight is 214 g/mol. The minimum atomic E-state index is -4.61. The molecule has 0 atom stereocenters. The summed E-state index contributed by atoms with van der Waals surface area (Å²) in [6.45, 7) is -0.0624. The molecule has 0 unspecified atom stereocenters. The summed E-state index contributed by atoms with van der Waals surface area (Å²) in [6.07, 6.45) is -6.49. The molecular formula is C7H9F3O4. The molecule has 7 heteroatoms. The minimum Gasteiger partial charge on any atom is -0.450 e. The molecule has 1 N–H and O–H groups in total. The first kappa shape index (κ1) is 11.1. The van der Waals surface area contributed by atoms with Crippen molar-refractivity contribution in [1.29, 1.82) is 0 Å². The molecule has 1 saturated carbocycles. The fourth-order valence-electron chi connectivity index (χ4n) is 1.28. The van der Waals surface area contributed by atoms with Crippen LogP contribution in [0.15, 0.2) is 0 Å². The lowest BCUT2D eigenvalue weighted by Gasteiger charge is -2.34. The molecule has 0 aromatic carbocycles. The van der Waals surface area contributed by atoms with Gasteiger partial charge in [0.25, 0.3) is 0 Å². The molecule has 4 nitrogen and oxygen atoms in total. The zero-order chi connectivity index (χ0) is 10.8. The molecule has 1 aliphatic carbocycles. The summed E-state index contributed by atoms with van der Waals surface area (Å²) in [5, 5.41) is 8.10. The molecule has 0 aromatic rings. The van der Waals surface area contributed by atoms with Gasteiger partial charge in [-0.25, -0.2) is 4.79 Å². The van der Waals surface area contributed by atoms with Gasteiger partial charge in [0.15, 0.2) is 0 Å². The average Bonchev–Trinajstić information content (AvgIpc) is 1.90. The fraction of sp³-hybridized carbons (Fsp3) is 0.857. The maximum atomic E-state index is 11.6. The van der Waals surface area contributed by atoms with Gasteiger partial charge in [0.1, 0.15) is 0 Å². The van der Waals surface area contributed by atoms with Crippen LogP contribution in [0.4, 0.5) is 18.0 Å². The molecular weight excluding hydrogens is 205 g/mol. The highest BCUT2D eigenvalue weighted by atomic mass is 19.4. The Hall–Kier alpha value is -0.980. The lowest BCUT2D eigenvalue weighted by atomic mass is 9.83. The van der Waals surface area contributed by atoms with Gasteiger partial charge in [-0.3, -0.25) is 4.74 Å². The van der Waals surface area contributed by atoms with Crippen LogP contribution in [0.5, 0.6) is 0 Å². The Kier molecular flexibility index (Phi) is 3.20. The van der Waals surface area contributed by atoms with Crippen LogP contribution >= 0.6 is 0 Å². The van der Waals surface area contributed by atoms with Crippen LogP contribution < -0.4 is 0 Å². The lowest BCUT2D eigenvalue weighted by molar-refractivity contribution is -0.354. The molecule has 1 aliphatic rings. The Balaban J connectivity index is 2.09. The summed E-state index contributed by atoms with van der Waals surface area (Å²) < 4.78 is 42.8. The van der Waals surface area contributed by atoms with Crippen molar-refractivity contribution < 1.29 is 32.5 Å². The summed E-state index contributed by atoms with van der Waals surface area (Å²) in [5.41, 5.74) is 0. The van der Waals surface area contributed by atoms with E-state index >= 15 is 0 Å². The van der Waals surface area contributed by atoms with E-state index in [0.717, 1.165) is 0 Å². The maximum absolute atomic E-state index is 11.6. The topological polar surface area (TPSA) is 55.8 Å². The molecule has 1 fully saturated rings. The number of hydrogen-bond acceptors (Lipinski definition) is 3. The number of halogens is 3. The Bertz CT molecular complexity index is 209. The SMILES string of the molecule is O=C(O)OC[C@H]1C[C@@H](OC(F)(F)F)C1. The first-order valence-corrected chi connectivity index (χ1v) is 3.97. The second kappa shape index (κ2) is 4.04. The van der Waals surface area contributed by atoms with Gasteiger partial charge in [0, 0.05) is 0 Å². The zero-order valence-corrected chi connectivity index (χ0v) is 7.08. The van der Waals surface area contributed by atoms with Crippen LogP contribution in [0.25, 0.3) is 0 Å². The molecule has 0 bridgehead atoms. The van der Waals surface area contributed by atoms with Crippen LogP contribution in [0.3, 0.4) is 0 Å².